The predicted molar refractivity (Wildman–Crippen MR) is 92.5 cm³/mol. The van der Waals surface area contributed by atoms with Crippen molar-refractivity contribution >= 4 is 5.97 Å². The molecule has 0 bridgehead atoms. The minimum absolute atomic E-state index is 0.506. The Morgan fingerprint density at radius 1 is 1.12 bits per heavy atom. The first-order valence-corrected chi connectivity index (χ1v) is 9.25. The highest BCUT2D eigenvalue weighted by molar-refractivity contribution is 5.81. The van der Waals surface area contributed by atoms with Gasteiger partial charge in [0.05, 0.1) is 12.0 Å². The van der Waals surface area contributed by atoms with Gasteiger partial charge in [-0.3, -0.25) is 4.79 Å². The van der Waals surface area contributed by atoms with Gasteiger partial charge in [-0.2, -0.15) is 0 Å². The quantitative estimate of drug-likeness (QED) is 0.849. The molecule has 1 heterocycles. The number of hydrogen-bond acceptors (Lipinski definition) is 3. The third kappa shape index (κ3) is 3.92. The third-order valence-corrected chi connectivity index (χ3v) is 5.68. The Morgan fingerprint density at radius 3 is 2.42 bits per heavy atom. The maximum atomic E-state index is 11.8. The van der Waals surface area contributed by atoms with Crippen molar-refractivity contribution in [2.24, 2.45) is 5.92 Å². The Balaban J connectivity index is 1.57. The number of hydrogen-bond donors (Lipinski definition) is 1. The van der Waals surface area contributed by atoms with Gasteiger partial charge in [-0.1, -0.05) is 44.2 Å². The first kappa shape index (κ1) is 17.3. The molecule has 1 N–H and O–H groups in total. The van der Waals surface area contributed by atoms with Crippen LogP contribution in [0.15, 0.2) is 24.3 Å². The molecule has 1 saturated carbocycles. The van der Waals surface area contributed by atoms with Crippen molar-refractivity contribution in [2.75, 3.05) is 19.8 Å². The second kappa shape index (κ2) is 8.02. The lowest BCUT2D eigenvalue weighted by atomic mass is 9.74. The SMILES string of the molecule is O=C(O)C1(c2ccc(OCCC3CCCCC3)cc2)CCOCC1. The summed E-state index contributed by atoms with van der Waals surface area (Å²) in [6.07, 6.45) is 8.97. The van der Waals surface area contributed by atoms with E-state index in [1.165, 1.54) is 32.1 Å². The first-order chi connectivity index (χ1) is 11.7. The molecule has 0 unspecified atom stereocenters. The van der Waals surface area contributed by atoms with E-state index in [9.17, 15) is 9.90 Å². The third-order valence-electron chi connectivity index (χ3n) is 5.68. The van der Waals surface area contributed by atoms with E-state index in [1.54, 1.807) is 0 Å². The van der Waals surface area contributed by atoms with E-state index in [1.807, 2.05) is 24.3 Å². The van der Waals surface area contributed by atoms with Crippen LogP contribution in [0.4, 0.5) is 0 Å². The Labute approximate surface area is 144 Å². The zero-order valence-electron chi connectivity index (χ0n) is 14.3. The lowest BCUT2D eigenvalue weighted by Gasteiger charge is -2.33. The first-order valence-electron chi connectivity index (χ1n) is 9.25. The second-order valence-electron chi connectivity index (χ2n) is 7.17. The zero-order chi connectivity index (χ0) is 16.8. The van der Waals surface area contributed by atoms with E-state index < -0.39 is 11.4 Å². The van der Waals surface area contributed by atoms with Crippen LogP contribution in [0.25, 0.3) is 0 Å². The summed E-state index contributed by atoms with van der Waals surface area (Å²) >= 11 is 0. The van der Waals surface area contributed by atoms with E-state index in [4.69, 9.17) is 9.47 Å². The monoisotopic (exact) mass is 332 g/mol. The molecule has 2 aliphatic rings. The largest absolute Gasteiger partial charge is 0.494 e. The van der Waals surface area contributed by atoms with Crippen molar-refractivity contribution in [3.8, 4) is 5.75 Å². The van der Waals surface area contributed by atoms with Crippen molar-refractivity contribution in [1.82, 2.24) is 0 Å². The molecule has 24 heavy (non-hydrogen) atoms. The van der Waals surface area contributed by atoms with Gasteiger partial charge in [0.1, 0.15) is 5.75 Å². The molecule has 1 aliphatic carbocycles. The van der Waals surface area contributed by atoms with Gasteiger partial charge in [-0.25, -0.2) is 0 Å². The van der Waals surface area contributed by atoms with Gasteiger partial charge in [0.15, 0.2) is 0 Å². The molecular weight excluding hydrogens is 304 g/mol. The fourth-order valence-electron chi connectivity index (χ4n) is 4.04. The van der Waals surface area contributed by atoms with Crippen LogP contribution in [0.5, 0.6) is 5.75 Å². The fraction of sp³-hybridized carbons (Fsp3) is 0.650. The maximum absolute atomic E-state index is 11.8. The van der Waals surface area contributed by atoms with Crippen LogP contribution in [0, 0.1) is 5.92 Å². The average Bonchev–Trinajstić information content (AvgIpc) is 2.64. The lowest BCUT2D eigenvalue weighted by Crippen LogP contribution is -2.41. The van der Waals surface area contributed by atoms with Crippen molar-refractivity contribution < 1.29 is 19.4 Å². The summed E-state index contributed by atoms with van der Waals surface area (Å²) in [5.41, 5.74) is 0.0525. The number of carboxylic acid groups (broad SMARTS) is 1. The molecule has 0 spiro atoms. The lowest BCUT2D eigenvalue weighted by molar-refractivity contribution is -0.147. The summed E-state index contributed by atoms with van der Waals surface area (Å²) < 4.78 is 11.2. The summed E-state index contributed by atoms with van der Waals surface area (Å²) in [6, 6.07) is 7.65. The number of carbonyl (C=O) groups is 1. The molecule has 0 atom stereocenters. The standard InChI is InChI=1S/C20H28O4/c21-19(22)20(11-14-23-15-12-20)17-6-8-18(9-7-17)24-13-10-16-4-2-1-3-5-16/h6-9,16H,1-5,10-15H2,(H,21,22). The normalized spacial score (nSPS) is 21.3. The number of carboxylic acids is 1. The Morgan fingerprint density at radius 2 is 1.79 bits per heavy atom. The van der Waals surface area contributed by atoms with Crippen molar-refractivity contribution in [2.45, 2.75) is 56.8 Å². The van der Waals surface area contributed by atoms with Crippen molar-refractivity contribution in [3.63, 3.8) is 0 Å². The molecule has 0 amide bonds. The van der Waals surface area contributed by atoms with Crippen LogP contribution in [-0.4, -0.2) is 30.9 Å². The van der Waals surface area contributed by atoms with Gasteiger partial charge in [-0.15, -0.1) is 0 Å². The van der Waals surface area contributed by atoms with Gasteiger partial charge in [0, 0.05) is 13.2 Å². The summed E-state index contributed by atoms with van der Waals surface area (Å²) in [4.78, 5) is 11.8. The van der Waals surface area contributed by atoms with Crippen molar-refractivity contribution in [3.05, 3.63) is 29.8 Å². The molecule has 0 radical (unpaired) electrons. The number of aliphatic carboxylic acids is 1. The van der Waals surface area contributed by atoms with Crippen LogP contribution in [0.3, 0.4) is 0 Å². The molecule has 1 aliphatic heterocycles. The van der Waals surface area contributed by atoms with Crippen molar-refractivity contribution in [1.29, 1.82) is 0 Å². The van der Waals surface area contributed by atoms with Gasteiger partial charge >= 0.3 is 5.97 Å². The van der Waals surface area contributed by atoms with E-state index in [0.717, 1.165) is 30.3 Å². The summed E-state index contributed by atoms with van der Waals surface area (Å²) in [7, 11) is 0. The van der Waals surface area contributed by atoms with Gasteiger partial charge < -0.3 is 14.6 Å². The van der Waals surface area contributed by atoms with Crippen LogP contribution in [0.2, 0.25) is 0 Å². The Hall–Kier alpha value is -1.55. The topological polar surface area (TPSA) is 55.8 Å². The zero-order valence-corrected chi connectivity index (χ0v) is 14.3. The average molecular weight is 332 g/mol. The maximum Gasteiger partial charge on any atom is 0.314 e. The Kier molecular flexibility index (Phi) is 5.77. The molecule has 1 saturated heterocycles. The van der Waals surface area contributed by atoms with Crippen LogP contribution < -0.4 is 4.74 Å². The highest BCUT2D eigenvalue weighted by atomic mass is 16.5. The molecule has 2 fully saturated rings. The Bertz CT molecular complexity index is 525. The van der Waals surface area contributed by atoms with E-state index in [0.29, 0.717) is 26.1 Å². The van der Waals surface area contributed by atoms with Crippen LogP contribution in [0.1, 0.15) is 56.9 Å². The second-order valence-corrected chi connectivity index (χ2v) is 7.17. The van der Waals surface area contributed by atoms with E-state index in [2.05, 4.69) is 0 Å². The molecular formula is C20H28O4. The van der Waals surface area contributed by atoms with Gasteiger partial charge in [0.25, 0.3) is 0 Å². The summed E-state index contributed by atoms with van der Waals surface area (Å²) in [6.45, 7) is 1.76. The number of benzene rings is 1. The highest BCUT2D eigenvalue weighted by Gasteiger charge is 2.41. The van der Waals surface area contributed by atoms with Gasteiger partial charge in [-0.05, 0) is 42.9 Å². The van der Waals surface area contributed by atoms with Crippen LogP contribution >= 0.6 is 0 Å². The molecule has 1 aromatic rings. The number of rotatable bonds is 6. The van der Waals surface area contributed by atoms with E-state index >= 15 is 0 Å². The summed E-state index contributed by atoms with van der Waals surface area (Å²) in [5.74, 6) is 0.898. The molecule has 3 rings (SSSR count). The van der Waals surface area contributed by atoms with Gasteiger partial charge in [0.2, 0.25) is 0 Å². The summed E-state index contributed by atoms with van der Waals surface area (Å²) in [5, 5.41) is 9.71. The predicted octanol–water partition coefficient (Wildman–Crippen LogP) is 4.17. The highest BCUT2D eigenvalue weighted by Crippen LogP contribution is 2.36. The number of ether oxygens (including phenoxy) is 2. The minimum Gasteiger partial charge on any atom is -0.494 e. The molecule has 1 aromatic carbocycles. The minimum atomic E-state index is -0.807. The molecule has 132 valence electrons. The molecule has 0 aromatic heterocycles. The van der Waals surface area contributed by atoms with Crippen LogP contribution in [-0.2, 0) is 14.9 Å². The molecule has 4 nitrogen and oxygen atoms in total. The molecule has 4 heteroatoms. The van der Waals surface area contributed by atoms with E-state index in [-0.39, 0.29) is 0 Å². The fourth-order valence-corrected chi connectivity index (χ4v) is 4.04. The smallest absolute Gasteiger partial charge is 0.314 e.